The van der Waals surface area contributed by atoms with Gasteiger partial charge in [0.15, 0.2) is 41.8 Å². The second kappa shape index (κ2) is 21.2. The summed E-state index contributed by atoms with van der Waals surface area (Å²) in [6.45, 7) is 11.6. The van der Waals surface area contributed by atoms with E-state index in [1.807, 2.05) is 41.5 Å². The van der Waals surface area contributed by atoms with Crippen LogP contribution in [0.25, 0.3) is 11.3 Å². The van der Waals surface area contributed by atoms with Crippen LogP contribution in [0.4, 0.5) is 20.2 Å². The summed E-state index contributed by atoms with van der Waals surface area (Å²) in [6, 6.07) is 12.3. The van der Waals surface area contributed by atoms with Gasteiger partial charge >= 0.3 is 5.97 Å². The van der Waals surface area contributed by atoms with Gasteiger partial charge in [-0.1, -0.05) is 12.1 Å². The number of carbonyl (C=O) groups is 6. The van der Waals surface area contributed by atoms with E-state index in [1.165, 1.54) is 6.07 Å². The fourth-order valence-electron chi connectivity index (χ4n) is 5.75. The van der Waals surface area contributed by atoms with Crippen molar-refractivity contribution in [1.82, 2.24) is 56.1 Å². The molecule has 0 bridgehead atoms. The number of nitrogens with one attached hydrogen (secondary N) is 7. The lowest BCUT2D eigenvalue weighted by atomic mass is 10.1. The van der Waals surface area contributed by atoms with Gasteiger partial charge in [-0.05, 0) is 76.9 Å². The number of hydrazine groups is 2. The Labute approximate surface area is 391 Å². The van der Waals surface area contributed by atoms with Crippen molar-refractivity contribution in [2.75, 3.05) is 23.8 Å². The molecule has 0 spiro atoms. The Kier molecular flexibility index (Phi) is 15.9. The van der Waals surface area contributed by atoms with Gasteiger partial charge in [-0.3, -0.25) is 40.7 Å². The predicted molar refractivity (Wildman–Crippen MR) is 241 cm³/mol. The third-order valence-corrected chi connectivity index (χ3v) is 9.02. The summed E-state index contributed by atoms with van der Waals surface area (Å²) in [5, 5.41) is 27.3. The lowest BCUT2D eigenvalue weighted by Gasteiger charge is -2.21. The maximum Gasteiger partial charge on any atom is 0.354 e. The molecule has 0 radical (unpaired) electrons. The summed E-state index contributed by atoms with van der Waals surface area (Å²) < 4.78 is 40.3. The number of nitrogens with zero attached hydrogens (tertiary/aromatic N) is 6. The molecule has 68 heavy (non-hydrogen) atoms. The number of rotatable bonds is 9. The number of amides is 5. The highest BCUT2D eigenvalue weighted by atomic mass is 35.5. The smallest absolute Gasteiger partial charge is 0.354 e. The zero-order valence-corrected chi connectivity index (χ0v) is 38.1. The number of fused-ring (bicyclic) bond motifs is 4. The monoisotopic (exact) mass is 964 g/mol. The molecule has 4 aromatic heterocycles. The molecule has 2 aliphatic rings. The molecule has 2 aromatic carbocycles. The Hall–Kier alpha value is -7.87. The van der Waals surface area contributed by atoms with Gasteiger partial charge in [0.05, 0.1) is 23.8 Å². The van der Waals surface area contributed by atoms with Crippen LogP contribution in [0.3, 0.4) is 0 Å². The van der Waals surface area contributed by atoms with Gasteiger partial charge in [0.1, 0.15) is 28.6 Å². The molecular formula is C42H47ClF2N14O9. The molecule has 0 saturated carbocycles. The number of halogens is 3. The van der Waals surface area contributed by atoms with Gasteiger partial charge in [0.2, 0.25) is 0 Å². The van der Waals surface area contributed by atoms with E-state index in [1.54, 1.807) is 36.4 Å². The molecular weight excluding hydrogens is 918 g/mol. The minimum atomic E-state index is -1.38. The summed E-state index contributed by atoms with van der Waals surface area (Å²) in [4.78, 5) is 79.9. The highest BCUT2D eigenvalue weighted by molar-refractivity contribution is 5.99. The Bertz CT molecular complexity index is 2910. The van der Waals surface area contributed by atoms with Gasteiger partial charge in [-0.25, -0.2) is 38.0 Å². The number of anilines is 2. The first-order valence-corrected chi connectivity index (χ1v) is 20.1. The van der Waals surface area contributed by atoms with Crippen molar-refractivity contribution in [2.45, 2.75) is 65.7 Å². The van der Waals surface area contributed by atoms with Crippen LogP contribution < -0.4 is 52.9 Å². The fourth-order valence-corrected chi connectivity index (χ4v) is 5.75. The zero-order chi connectivity index (χ0) is 48.8. The summed E-state index contributed by atoms with van der Waals surface area (Å²) in [5.41, 5.74) is 8.43. The zero-order valence-electron chi connectivity index (χ0n) is 37.2. The highest BCUT2D eigenvalue weighted by Crippen LogP contribution is 2.29. The molecule has 23 nitrogen and oxygen atoms in total. The molecule has 8 rings (SSSR count). The summed E-state index contributed by atoms with van der Waals surface area (Å²) in [5.74, 6) is 0.644. The molecule has 0 atom stereocenters. The first kappa shape index (κ1) is 51.1. The van der Waals surface area contributed by atoms with Crippen molar-refractivity contribution < 1.29 is 52.1 Å². The van der Waals surface area contributed by atoms with Crippen LogP contribution in [-0.2, 0) is 22.7 Å². The van der Waals surface area contributed by atoms with Gasteiger partial charge < -0.3 is 35.8 Å². The predicted octanol–water partition coefficient (Wildman–Crippen LogP) is 2.66. The van der Waals surface area contributed by atoms with Gasteiger partial charge in [-0.2, -0.15) is 10.2 Å². The van der Waals surface area contributed by atoms with E-state index in [2.05, 4.69) is 57.7 Å². The average molecular weight is 965 g/mol. The highest BCUT2D eigenvalue weighted by Gasteiger charge is 2.23. The second-order valence-electron chi connectivity index (χ2n) is 16.7. The minimum absolute atomic E-state index is 0. The number of hydrogen-bond acceptors (Lipinski definition) is 15. The van der Waals surface area contributed by atoms with Crippen LogP contribution in [0.15, 0.2) is 60.9 Å². The third-order valence-electron chi connectivity index (χ3n) is 9.02. The number of nitrogens with two attached hydrogens (primary N) is 1. The molecule has 0 saturated heterocycles. The van der Waals surface area contributed by atoms with Crippen LogP contribution in [0.1, 0.15) is 94.6 Å². The Morgan fingerprint density at radius 2 is 1.13 bits per heavy atom. The summed E-state index contributed by atoms with van der Waals surface area (Å²) in [7, 11) is 0. The minimum Gasteiger partial charge on any atom is -0.482 e. The number of benzene rings is 2. The van der Waals surface area contributed by atoms with Crippen molar-refractivity contribution in [1.29, 1.82) is 0 Å². The van der Waals surface area contributed by atoms with E-state index >= 15 is 0 Å². The molecule has 10 N–H and O–H groups in total. The third kappa shape index (κ3) is 12.9. The molecule has 26 heteroatoms. The van der Waals surface area contributed by atoms with Crippen molar-refractivity contribution in [3.63, 3.8) is 0 Å². The topological polar surface area (TPSA) is 312 Å². The van der Waals surface area contributed by atoms with E-state index in [0.29, 0.717) is 34.0 Å². The van der Waals surface area contributed by atoms with E-state index in [0.717, 1.165) is 27.5 Å². The molecule has 0 unspecified atom stereocenters. The number of carboxylic acid groups (broad SMARTS) is 1. The maximum atomic E-state index is 14.2. The molecule has 6 aromatic rings. The van der Waals surface area contributed by atoms with Crippen molar-refractivity contribution in [2.24, 2.45) is 5.84 Å². The quantitative estimate of drug-likeness (QED) is 0.0743. The number of ether oxygens (including phenoxy) is 2. The molecule has 5 amide bonds. The van der Waals surface area contributed by atoms with Crippen LogP contribution in [-0.4, -0.2) is 94.1 Å². The average Bonchev–Trinajstić information content (AvgIpc) is 3.86. The maximum absolute atomic E-state index is 14.2. The number of aromatic carboxylic acids is 1. The standard InChI is InChI=1S/C21H22FN7O4.C17H12FN5O5.C4H12N2.ClH/c1-21(2,3)28-27-20(32)15-7-14(26-18-12(22)9-24-29(15)18)19(31)23-8-11-4-5-16-13(6-11)25-17(30)10-33-16;18-9-6-20-23-12(17(26)27)4-11(22-15(9)23)16(25)19-5-8-1-2-13-10(3-8)21-14(24)7-28-13;1-4(2,3)6-5;/h4-7,9,28H,8,10H2,1-3H3,(H,23,31)(H,25,30)(H,27,32);1-4,6H,5,7H2,(H,19,25)(H,21,24)(H,26,27);6H,5H2,1-3H3;1H. The number of aromatic nitrogens is 6. The van der Waals surface area contributed by atoms with E-state index in [-0.39, 0.29) is 84.4 Å². The first-order chi connectivity index (χ1) is 31.6. The van der Waals surface area contributed by atoms with Gasteiger partial charge in [-0.15, -0.1) is 12.4 Å². The van der Waals surface area contributed by atoms with E-state index in [9.17, 15) is 42.7 Å². The number of hydrogen-bond donors (Lipinski definition) is 9. The molecule has 6 heterocycles. The normalized spacial score (nSPS) is 12.7. The van der Waals surface area contributed by atoms with Crippen LogP contribution in [0.2, 0.25) is 0 Å². The van der Waals surface area contributed by atoms with Gasteiger partial charge in [0.25, 0.3) is 29.5 Å². The molecule has 0 aliphatic carbocycles. The Balaban J connectivity index is 0.000000226. The Morgan fingerprint density at radius 1 is 0.706 bits per heavy atom. The molecule has 2 aliphatic heterocycles. The fraction of sp³-hybridized carbons (Fsp3) is 0.286. The van der Waals surface area contributed by atoms with Crippen molar-refractivity contribution >= 4 is 70.6 Å². The largest absolute Gasteiger partial charge is 0.482 e. The van der Waals surface area contributed by atoms with Crippen molar-refractivity contribution in [3.05, 3.63) is 106 Å². The van der Waals surface area contributed by atoms with Crippen LogP contribution in [0.5, 0.6) is 11.5 Å². The van der Waals surface area contributed by atoms with Crippen LogP contribution >= 0.6 is 12.4 Å². The lowest BCUT2D eigenvalue weighted by Crippen LogP contribution is -2.49. The van der Waals surface area contributed by atoms with Crippen molar-refractivity contribution in [3.8, 4) is 11.5 Å². The first-order valence-electron chi connectivity index (χ1n) is 20.1. The number of carboxylic acids is 1. The second-order valence-corrected chi connectivity index (χ2v) is 16.7. The molecule has 0 fully saturated rings. The summed E-state index contributed by atoms with van der Waals surface area (Å²) >= 11 is 0. The van der Waals surface area contributed by atoms with E-state index < -0.39 is 46.6 Å². The van der Waals surface area contributed by atoms with E-state index in [4.69, 9.17) is 15.3 Å². The number of carbonyl (C=O) groups excluding carboxylic acids is 5. The summed E-state index contributed by atoms with van der Waals surface area (Å²) in [6.07, 6.45) is 1.74. The Morgan fingerprint density at radius 3 is 1.54 bits per heavy atom. The SMILES string of the molecule is CC(C)(C)NN.CC(C)(C)NNC(=O)c1cc(C(=O)NCc2ccc3c(c2)NC(=O)CO3)nc2c(F)cnn12.Cl.O=C1COc2ccc(CNC(=O)c3cc(C(=O)O)n4ncc(F)c4n3)cc2N1. The van der Waals surface area contributed by atoms with Crippen LogP contribution in [0, 0.1) is 11.6 Å². The molecule has 360 valence electrons. The lowest BCUT2D eigenvalue weighted by molar-refractivity contribution is -0.119. The van der Waals surface area contributed by atoms with Gasteiger partial charge in [0, 0.05) is 36.3 Å².